The molecule has 0 saturated heterocycles. The quantitative estimate of drug-likeness (QED) is 0.841. The van der Waals surface area contributed by atoms with Crippen LogP contribution >= 0.6 is 0 Å². The van der Waals surface area contributed by atoms with Crippen molar-refractivity contribution in [2.45, 2.75) is 26.1 Å². The van der Waals surface area contributed by atoms with Gasteiger partial charge in [-0.05, 0) is 31.5 Å². The van der Waals surface area contributed by atoms with Crippen LogP contribution in [0, 0.1) is 6.92 Å². The minimum atomic E-state index is -4.34. The Labute approximate surface area is 92.1 Å². The minimum Gasteiger partial charge on any atom is -0.392 e. The molecule has 1 aromatic rings. The second-order valence-electron chi connectivity index (χ2n) is 3.76. The minimum absolute atomic E-state index is 0.190. The van der Waals surface area contributed by atoms with Crippen molar-refractivity contribution in [3.63, 3.8) is 0 Å². The summed E-state index contributed by atoms with van der Waals surface area (Å²) in [6.07, 6.45) is -4.94. The molecular weight excluding hydrogens is 219 g/mol. The summed E-state index contributed by atoms with van der Waals surface area (Å²) in [5.41, 5.74) is -0.1000. The van der Waals surface area contributed by atoms with Gasteiger partial charge in [0.25, 0.3) is 0 Å². The second-order valence-corrected chi connectivity index (χ2v) is 3.76. The van der Waals surface area contributed by atoms with Crippen LogP contribution in [0.25, 0.3) is 0 Å². The van der Waals surface area contributed by atoms with Gasteiger partial charge in [-0.1, -0.05) is 6.07 Å². The average molecular weight is 233 g/mol. The van der Waals surface area contributed by atoms with Crippen LogP contribution in [-0.2, 0) is 6.18 Å². The van der Waals surface area contributed by atoms with Gasteiger partial charge in [-0.3, -0.25) is 0 Å². The first-order valence-electron chi connectivity index (χ1n) is 4.90. The SMILES string of the molecule is Cc1ccc(NC[C@H](C)O)cc1C(F)(F)F. The van der Waals surface area contributed by atoms with Crippen LogP contribution < -0.4 is 5.32 Å². The summed E-state index contributed by atoms with van der Waals surface area (Å²) in [6.45, 7) is 3.20. The second kappa shape index (κ2) is 4.74. The average Bonchev–Trinajstić information content (AvgIpc) is 2.14. The summed E-state index contributed by atoms with van der Waals surface area (Å²) in [7, 11) is 0. The van der Waals surface area contributed by atoms with E-state index < -0.39 is 17.8 Å². The van der Waals surface area contributed by atoms with Crippen molar-refractivity contribution in [2.75, 3.05) is 11.9 Å². The van der Waals surface area contributed by atoms with E-state index in [0.29, 0.717) is 5.69 Å². The van der Waals surface area contributed by atoms with E-state index in [1.54, 1.807) is 13.0 Å². The van der Waals surface area contributed by atoms with E-state index in [4.69, 9.17) is 5.11 Å². The van der Waals surface area contributed by atoms with Crippen molar-refractivity contribution in [1.29, 1.82) is 0 Å². The number of nitrogens with one attached hydrogen (secondary N) is 1. The highest BCUT2D eigenvalue weighted by molar-refractivity contribution is 5.49. The third-order valence-corrected chi connectivity index (χ3v) is 2.14. The molecule has 2 nitrogen and oxygen atoms in total. The van der Waals surface area contributed by atoms with Crippen molar-refractivity contribution < 1.29 is 18.3 Å². The van der Waals surface area contributed by atoms with Crippen molar-refractivity contribution in [1.82, 2.24) is 0 Å². The lowest BCUT2D eigenvalue weighted by Gasteiger charge is -2.14. The molecule has 1 aromatic carbocycles. The molecule has 0 heterocycles. The first kappa shape index (κ1) is 12.8. The third-order valence-electron chi connectivity index (χ3n) is 2.14. The molecule has 0 aliphatic carbocycles. The van der Waals surface area contributed by atoms with Crippen molar-refractivity contribution >= 4 is 5.69 Å². The fourth-order valence-electron chi connectivity index (χ4n) is 1.30. The molecule has 0 fully saturated rings. The maximum atomic E-state index is 12.6. The molecule has 0 bridgehead atoms. The molecule has 0 unspecified atom stereocenters. The number of alkyl halides is 3. The number of halogens is 3. The molecule has 1 atom stereocenters. The van der Waals surface area contributed by atoms with Crippen LogP contribution in [-0.4, -0.2) is 17.8 Å². The Hall–Kier alpha value is -1.23. The Morgan fingerprint density at radius 1 is 1.38 bits per heavy atom. The lowest BCUT2D eigenvalue weighted by Crippen LogP contribution is -2.16. The monoisotopic (exact) mass is 233 g/mol. The Balaban J connectivity index is 2.90. The third kappa shape index (κ3) is 3.41. The van der Waals surface area contributed by atoms with Crippen molar-refractivity contribution in [2.24, 2.45) is 0 Å². The van der Waals surface area contributed by atoms with Crippen molar-refractivity contribution in [3.8, 4) is 0 Å². The molecule has 0 spiro atoms. The summed E-state index contributed by atoms with van der Waals surface area (Å²) < 4.78 is 37.7. The number of rotatable bonds is 3. The summed E-state index contributed by atoms with van der Waals surface area (Å²) in [4.78, 5) is 0. The highest BCUT2D eigenvalue weighted by Crippen LogP contribution is 2.33. The number of hydrogen-bond donors (Lipinski definition) is 2. The first-order chi connectivity index (χ1) is 7.30. The normalized spacial score (nSPS) is 13.6. The van der Waals surface area contributed by atoms with Crippen molar-refractivity contribution in [3.05, 3.63) is 29.3 Å². The van der Waals surface area contributed by atoms with Gasteiger partial charge in [0.1, 0.15) is 0 Å². The zero-order valence-corrected chi connectivity index (χ0v) is 9.10. The van der Waals surface area contributed by atoms with Gasteiger partial charge in [-0.2, -0.15) is 13.2 Å². The fraction of sp³-hybridized carbons (Fsp3) is 0.455. The molecule has 0 aliphatic rings. The molecule has 1 rings (SSSR count). The smallest absolute Gasteiger partial charge is 0.392 e. The predicted molar refractivity (Wildman–Crippen MR) is 56.4 cm³/mol. The van der Waals surface area contributed by atoms with Gasteiger partial charge in [0.05, 0.1) is 11.7 Å². The summed E-state index contributed by atoms with van der Waals surface area (Å²) >= 11 is 0. The number of hydrogen-bond acceptors (Lipinski definition) is 2. The van der Waals surface area contributed by atoms with Crippen LogP contribution in [0.2, 0.25) is 0 Å². The molecule has 0 aliphatic heterocycles. The van der Waals surface area contributed by atoms with E-state index in [2.05, 4.69) is 5.32 Å². The number of anilines is 1. The Morgan fingerprint density at radius 3 is 2.50 bits per heavy atom. The summed E-state index contributed by atoms with van der Waals surface area (Å²) in [5.74, 6) is 0. The van der Waals surface area contributed by atoms with Gasteiger partial charge in [0, 0.05) is 12.2 Å². The van der Waals surface area contributed by atoms with Gasteiger partial charge in [0.15, 0.2) is 0 Å². The lowest BCUT2D eigenvalue weighted by molar-refractivity contribution is -0.138. The van der Waals surface area contributed by atoms with Crippen LogP contribution in [0.1, 0.15) is 18.1 Å². The number of aryl methyl sites for hydroxylation is 1. The van der Waals surface area contributed by atoms with E-state index in [9.17, 15) is 13.2 Å². The topological polar surface area (TPSA) is 32.3 Å². The fourth-order valence-corrected chi connectivity index (χ4v) is 1.30. The summed E-state index contributed by atoms with van der Waals surface area (Å²) in [5, 5.41) is 11.7. The molecule has 0 radical (unpaired) electrons. The van der Waals surface area contributed by atoms with Gasteiger partial charge >= 0.3 is 6.18 Å². The van der Waals surface area contributed by atoms with E-state index in [1.165, 1.54) is 13.0 Å². The van der Waals surface area contributed by atoms with Crippen LogP contribution in [0.5, 0.6) is 0 Å². The van der Waals surface area contributed by atoms with E-state index in [1.807, 2.05) is 0 Å². The molecule has 0 amide bonds. The van der Waals surface area contributed by atoms with Gasteiger partial charge in [0.2, 0.25) is 0 Å². The van der Waals surface area contributed by atoms with Crippen LogP contribution in [0.4, 0.5) is 18.9 Å². The first-order valence-corrected chi connectivity index (χ1v) is 4.90. The predicted octanol–water partition coefficient (Wildman–Crippen LogP) is 2.81. The largest absolute Gasteiger partial charge is 0.416 e. The molecule has 2 N–H and O–H groups in total. The lowest BCUT2D eigenvalue weighted by atomic mass is 10.1. The maximum absolute atomic E-state index is 12.6. The van der Waals surface area contributed by atoms with E-state index >= 15 is 0 Å². The Morgan fingerprint density at radius 2 is 2.00 bits per heavy atom. The highest BCUT2D eigenvalue weighted by atomic mass is 19.4. The molecule has 0 saturated carbocycles. The van der Waals surface area contributed by atoms with E-state index in [0.717, 1.165) is 6.07 Å². The Kier molecular flexibility index (Phi) is 3.80. The van der Waals surface area contributed by atoms with Crippen LogP contribution in [0.3, 0.4) is 0 Å². The van der Waals surface area contributed by atoms with E-state index in [-0.39, 0.29) is 12.1 Å². The van der Waals surface area contributed by atoms with Gasteiger partial charge in [-0.25, -0.2) is 0 Å². The Bertz CT molecular complexity index is 361. The molecule has 16 heavy (non-hydrogen) atoms. The molecule has 0 aromatic heterocycles. The number of benzene rings is 1. The van der Waals surface area contributed by atoms with Gasteiger partial charge < -0.3 is 10.4 Å². The molecular formula is C11H14F3NO. The number of aliphatic hydroxyl groups is 1. The summed E-state index contributed by atoms with van der Waals surface area (Å²) in [6, 6.07) is 4.03. The maximum Gasteiger partial charge on any atom is 0.416 e. The number of aliphatic hydroxyl groups excluding tert-OH is 1. The molecule has 90 valence electrons. The highest BCUT2D eigenvalue weighted by Gasteiger charge is 2.32. The standard InChI is InChI=1S/C11H14F3NO/c1-7-3-4-9(15-6-8(2)16)5-10(7)11(12,13)14/h3-5,8,15-16H,6H2,1-2H3/t8-/m0/s1. The zero-order valence-electron chi connectivity index (χ0n) is 9.10. The van der Waals surface area contributed by atoms with Gasteiger partial charge in [-0.15, -0.1) is 0 Å². The van der Waals surface area contributed by atoms with Crippen LogP contribution in [0.15, 0.2) is 18.2 Å². The molecule has 5 heteroatoms. The zero-order chi connectivity index (χ0) is 12.3.